The summed E-state index contributed by atoms with van der Waals surface area (Å²) in [5, 5.41) is 3.35. The molecule has 0 saturated heterocycles. The third-order valence-electron chi connectivity index (χ3n) is 3.07. The Morgan fingerprint density at radius 3 is 2.33 bits per heavy atom. The van der Waals surface area contributed by atoms with Gasteiger partial charge in [0.15, 0.2) is 0 Å². The number of hydrogen-bond acceptors (Lipinski definition) is 4. The van der Waals surface area contributed by atoms with Crippen LogP contribution in [0.25, 0.3) is 0 Å². The van der Waals surface area contributed by atoms with Gasteiger partial charge in [-0.2, -0.15) is 0 Å². The highest BCUT2D eigenvalue weighted by Gasteiger charge is 2.14. The first-order chi connectivity index (χ1) is 9.86. The highest BCUT2D eigenvalue weighted by molar-refractivity contribution is 7.89. The zero-order valence-corrected chi connectivity index (χ0v) is 14.4. The van der Waals surface area contributed by atoms with E-state index in [0.717, 1.165) is 18.5 Å². The summed E-state index contributed by atoms with van der Waals surface area (Å²) in [4.78, 5) is 0.232. The highest BCUT2D eigenvalue weighted by atomic mass is 32.2. The fraction of sp³-hybridized carbons (Fsp3) is 0.571. The quantitative estimate of drug-likeness (QED) is 0.717. The molecule has 5 nitrogen and oxygen atoms in total. The van der Waals surface area contributed by atoms with Gasteiger partial charge in [0.05, 0.1) is 4.90 Å². The highest BCUT2D eigenvalue weighted by Crippen LogP contribution is 2.16. The Morgan fingerprint density at radius 1 is 1.19 bits per heavy atom. The molecule has 0 amide bonds. The second kappa shape index (κ2) is 8.63. The van der Waals surface area contributed by atoms with Crippen LogP contribution in [-0.4, -0.2) is 37.7 Å². The summed E-state index contributed by atoms with van der Waals surface area (Å²) in [5.41, 5.74) is 1.05. The van der Waals surface area contributed by atoms with Gasteiger partial charge >= 0.3 is 0 Å². The molecule has 120 valence electrons. The molecule has 1 aromatic carbocycles. The van der Waals surface area contributed by atoms with Gasteiger partial charge in [0.25, 0.3) is 0 Å². The summed E-state index contributed by atoms with van der Waals surface area (Å²) in [5.74, 6) is 0.315. The van der Waals surface area contributed by atoms with Crippen LogP contribution in [0.3, 0.4) is 0 Å². The minimum Gasteiger partial charge on any atom is -0.310 e. The Hall–Kier alpha value is -0.760. The molecule has 1 aromatic rings. The van der Waals surface area contributed by atoms with E-state index in [1.807, 2.05) is 19.1 Å². The van der Waals surface area contributed by atoms with Crippen LogP contribution in [-0.2, 0) is 20.8 Å². The lowest BCUT2D eigenvalue weighted by molar-refractivity contribution is 0.569. The van der Waals surface area contributed by atoms with E-state index in [9.17, 15) is 12.6 Å². The third kappa shape index (κ3) is 6.25. The van der Waals surface area contributed by atoms with Crippen LogP contribution in [0.2, 0.25) is 0 Å². The van der Waals surface area contributed by atoms with Crippen molar-refractivity contribution in [1.29, 1.82) is 0 Å². The monoisotopic (exact) mass is 332 g/mol. The van der Waals surface area contributed by atoms with Gasteiger partial charge in [-0.25, -0.2) is 13.1 Å². The smallest absolute Gasteiger partial charge is 0.240 e. The molecule has 0 aliphatic carbocycles. The van der Waals surface area contributed by atoms with Crippen molar-refractivity contribution in [3.8, 4) is 0 Å². The van der Waals surface area contributed by atoms with Gasteiger partial charge < -0.3 is 5.32 Å². The van der Waals surface area contributed by atoms with Crippen LogP contribution in [0.1, 0.15) is 31.9 Å². The lowest BCUT2D eigenvalue weighted by Gasteiger charge is -2.14. The van der Waals surface area contributed by atoms with Crippen molar-refractivity contribution >= 4 is 20.8 Å². The van der Waals surface area contributed by atoms with E-state index < -0.39 is 20.8 Å². The van der Waals surface area contributed by atoms with E-state index in [2.05, 4.69) is 17.0 Å². The summed E-state index contributed by atoms with van der Waals surface area (Å²) < 4.78 is 37.5. The topological polar surface area (TPSA) is 75.3 Å². The average molecular weight is 332 g/mol. The van der Waals surface area contributed by atoms with Gasteiger partial charge in [-0.15, -0.1) is 0 Å². The van der Waals surface area contributed by atoms with Crippen molar-refractivity contribution in [2.75, 3.05) is 25.1 Å². The van der Waals surface area contributed by atoms with Crippen LogP contribution in [0.4, 0.5) is 0 Å². The number of rotatable bonds is 9. The van der Waals surface area contributed by atoms with Crippen LogP contribution in [0, 0.1) is 0 Å². The largest absolute Gasteiger partial charge is 0.310 e. The first-order valence-electron chi connectivity index (χ1n) is 7.00. The first kappa shape index (κ1) is 18.3. The van der Waals surface area contributed by atoms with E-state index in [1.54, 1.807) is 18.4 Å². The summed E-state index contributed by atoms with van der Waals surface area (Å²) in [6.07, 6.45) is 2.60. The summed E-state index contributed by atoms with van der Waals surface area (Å²) >= 11 is 0. The van der Waals surface area contributed by atoms with E-state index in [4.69, 9.17) is 0 Å². The maximum atomic E-state index is 12.0. The molecule has 2 atom stereocenters. The summed E-state index contributed by atoms with van der Waals surface area (Å²) in [6.45, 7) is 5.26. The Labute approximate surface area is 130 Å². The van der Waals surface area contributed by atoms with E-state index in [-0.39, 0.29) is 17.5 Å². The average Bonchev–Trinajstić information content (AvgIpc) is 2.44. The minimum absolute atomic E-state index is 0.182. The van der Waals surface area contributed by atoms with Gasteiger partial charge in [0.2, 0.25) is 10.0 Å². The van der Waals surface area contributed by atoms with Crippen molar-refractivity contribution in [3.63, 3.8) is 0 Å². The molecule has 0 saturated carbocycles. The number of nitrogens with one attached hydrogen (secondary N) is 2. The molecule has 21 heavy (non-hydrogen) atoms. The van der Waals surface area contributed by atoms with Crippen molar-refractivity contribution < 1.29 is 12.6 Å². The second-order valence-corrected chi connectivity index (χ2v) is 8.24. The van der Waals surface area contributed by atoms with Crippen molar-refractivity contribution in [2.45, 2.75) is 31.2 Å². The molecule has 7 heteroatoms. The van der Waals surface area contributed by atoms with Gasteiger partial charge in [-0.05, 0) is 37.6 Å². The molecule has 0 aromatic heterocycles. The Kier molecular flexibility index (Phi) is 7.51. The third-order valence-corrected chi connectivity index (χ3v) is 5.33. The van der Waals surface area contributed by atoms with Crippen LogP contribution in [0.15, 0.2) is 29.2 Å². The number of hydrogen-bond donors (Lipinski definition) is 2. The molecule has 0 aliphatic rings. The molecule has 0 bridgehead atoms. The second-order valence-electron chi connectivity index (χ2n) is 4.92. The molecule has 1 rings (SSSR count). The van der Waals surface area contributed by atoms with Gasteiger partial charge in [0.1, 0.15) is 0 Å². The predicted octanol–water partition coefficient (Wildman–Crippen LogP) is 1.40. The molecule has 0 aliphatic heterocycles. The molecule has 0 spiro atoms. The summed E-state index contributed by atoms with van der Waals surface area (Å²) in [6, 6.07) is 7.03. The van der Waals surface area contributed by atoms with E-state index in [1.165, 1.54) is 0 Å². The van der Waals surface area contributed by atoms with Crippen LogP contribution < -0.4 is 10.0 Å². The van der Waals surface area contributed by atoms with Crippen LogP contribution in [0.5, 0.6) is 0 Å². The standard InChI is InChI=1S/C14H24N2O3S2/c1-4-9-15-12(2)13-5-7-14(8-6-13)21(18,19)16-10-11-20(3)17/h5-8,12,15-16H,4,9-11H2,1-3H3. The number of benzene rings is 1. The van der Waals surface area contributed by atoms with Crippen molar-refractivity contribution in [3.05, 3.63) is 29.8 Å². The van der Waals surface area contributed by atoms with Gasteiger partial charge in [-0.3, -0.25) is 4.21 Å². The fourth-order valence-corrected chi connectivity index (χ4v) is 3.37. The van der Waals surface area contributed by atoms with Crippen molar-refractivity contribution in [2.24, 2.45) is 0 Å². The van der Waals surface area contributed by atoms with E-state index >= 15 is 0 Å². The maximum absolute atomic E-state index is 12.0. The SMILES string of the molecule is CCCNC(C)c1ccc(S(=O)(=O)NCCS(C)=O)cc1. The molecule has 0 heterocycles. The molecule has 0 radical (unpaired) electrons. The molecular formula is C14H24N2O3S2. The zero-order chi connectivity index (χ0) is 15.9. The molecule has 2 unspecified atom stereocenters. The van der Waals surface area contributed by atoms with E-state index in [0.29, 0.717) is 5.75 Å². The Bertz CT molecular complexity index is 556. The fourth-order valence-electron chi connectivity index (χ4n) is 1.82. The molecule has 2 N–H and O–H groups in total. The van der Waals surface area contributed by atoms with Gasteiger partial charge in [0, 0.05) is 35.4 Å². The molecule has 0 fully saturated rings. The van der Waals surface area contributed by atoms with Crippen LogP contribution >= 0.6 is 0 Å². The Morgan fingerprint density at radius 2 is 1.81 bits per heavy atom. The normalized spacial score (nSPS) is 14.8. The maximum Gasteiger partial charge on any atom is 0.240 e. The number of sulfonamides is 1. The predicted molar refractivity (Wildman–Crippen MR) is 87.3 cm³/mol. The lowest BCUT2D eigenvalue weighted by Crippen LogP contribution is -2.27. The van der Waals surface area contributed by atoms with Gasteiger partial charge in [-0.1, -0.05) is 19.1 Å². The first-order valence-corrected chi connectivity index (χ1v) is 10.2. The lowest BCUT2D eigenvalue weighted by atomic mass is 10.1. The minimum atomic E-state index is -3.52. The molecular weight excluding hydrogens is 308 g/mol. The Balaban J connectivity index is 2.70. The van der Waals surface area contributed by atoms with Crippen molar-refractivity contribution in [1.82, 2.24) is 10.0 Å². The summed E-state index contributed by atoms with van der Waals surface area (Å²) in [7, 11) is -4.53. The zero-order valence-electron chi connectivity index (χ0n) is 12.8.